The summed E-state index contributed by atoms with van der Waals surface area (Å²) in [5.74, 6) is -0.305. The summed E-state index contributed by atoms with van der Waals surface area (Å²) in [6, 6.07) is 9.41. The van der Waals surface area contributed by atoms with Crippen molar-refractivity contribution in [2.24, 2.45) is 0 Å². The molecule has 0 spiro atoms. The molecule has 0 radical (unpaired) electrons. The zero-order valence-corrected chi connectivity index (χ0v) is 14.9. The largest absolute Gasteiger partial charge is 0.507 e. The Labute approximate surface area is 154 Å². The standard InChI is InChI=1S/C21H28O5/c22-16-13-12-15(14-20(16)26)8-5-3-1-2-4-6-9-17(23)21-18(24)10-7-11-19(21)25/h7,10-14,17,22-26H,1-6,8-9H2. The third kappa shape index (κ3) is 5.85. The molecule has 26 heavy (non-hydrogen) atoms. The lowest BCUT2D eigenvalue weighted by molar-refractivity contribution is 0.156. The third-order valence-electron chi connectivity index (χ3n) is 4.63. The zero-order valence-electron chi connectivity index (χ0n) is 14.9. The Balaban J connectivity index is 1.57. The van der Waals surface area contributed by atoms with E-state index in [1.54, 1.807) is 12.1 Å². The number of rotatable bonds is 10. The van der Waals surface area contributed by atoms with Crippen molar-refractivity contribution in [2.75, 3.05) is 0 Å². The van der Waals surface area contributed by atoms with Gasteiger partial charge in [-0.2, -0.15) is 0 Å². The Kier molecular flexibility index (Phi) is 7.60. The minimum absolute atomic E-state index is 0.0715. The summed E-state index contributed by atoms with van der Waals surface area (Å²) in [6.07, 6.45) is 6.65. The second-order valence-corrected chi connectivity index (χ2v) is 6.71. The Bertz CT molecular complexity index is 679. The average molecular weight is 360 g/mol. The smallest absolute Gasteiger partial charge is 0.157 e. The van der Waals surface area contributed by atoms with Crippen LogP contribution in [0.1, 0.15) is 62.2 Å². The van der Waals surface area contributed by atoms with Crippen LogP contribution in [0.2, 0.25) is 0 Å². The number of phenolic OH excluding ortho intramolecular Hbond substituents is 4. The zero-order chi connectivity index (χ0) is 18.9. The number of unbranched alkanes of at least 4 members (excludes halogenated alkanes) is 5. The fourth-order valence-corrected chi connectivity index (χ4v) is 3.13. The van der Waals surface area contributed by atoms with Crippen molar-refractivity contribution in [3.63, 3.8) is 0 Å². The number of hydrogen-bond acceptors (Lipinski definition) is 5. The monoisotopic (exact) mass is 360 g/mol. The van der Waals surface area contributed by atoms with E-state index in [1.165, 1.54) is 18.2 Å². The van der Waals surface area contributed by atoms with Crippen LogP contribution in [-0.2, 0) is 6.42 Å². The maximum Gasteiger partial charge on any atom is 0.157 e. The molecule has 2 rings (SSSR count). The summed E-state index contributed by atoms with van der Waals surface area (Å²) in [5.41, 5.74) is 1.23. The first-order valence-electron chi connectivity index (χ1n) is 9.19. The van der Waals surface area contributed by atoms with Crippen molar-refractivity contribution < 1.29 is 25.5 Å². The quantitative estimate of drug-likeness (QED) is 0.317. The van der Waals surface area contributed by atoms with Gasteiger partial charge in [-0.3, -0.25) is 0 Å². The molecule has 0 saturated heterocycles. The highest BCUT2D eigenvalue weighted by molar-refractivity contribution is 5.44. The van der Waals surface area contributed by atoms with Gasteiger partial charge in [-0.05, 0) is 49.1 Å². The van der Waals surface area contributed by atoms with Gasteiger partial charge in [0.1, 0.15) is 11.5 Å². The molecule has 1 unspecified atom stereocenters. The van der Waals surface area contributed by atoms with Gasteiger partial charge in [-0.1, -0.05) is 44.2 Å². The molecule has 0 bridgehead atoms. The number of phenols is 4. The second-order valence-electron chi connectivity index (χ2n) is 6.71. The normalized spacial score (nSPS) is 12.2. The van der Waals surface area contributed by atoms with Gasteiger partial charge in [0, 0.05) is 0 Å². The SMILES string of the molecule is Oc1ccc(CCCCCCCCC(O)c2c(O)cccc2O)cc1O. The lowest BCUT2D eigenvalue weighted by atomic mass is 10.00. The first kappa shape index (κ1) is 19.9. The molecule has 1 atom stereocenters. The van der Waals surface area contributed by atoms with Gasteiger partial charge < -0.3 is 25.5 Å². The van der Waals surface area contributed by atoms with Crippen LogP contribution < -0.4 is 0 Å². The Hall–Kier alpha value is -2.40. The number of aliphatic hydroxyl groups excluding tert-OH is 1. The van der Waals surface area contributed by atoms with Crippen LogP contribution in [-0.4, -0.2) is 25.5 Å². The van der Waals surface area contributed by atoms with Gasteiger partial charge in [0.2, 0.25) is 0 Å². The van der Waals surface area contributed by atoms with E-state index in [1.807, 2.05) is 6.07 Å². The topological polar surface area (TPSA) is 101 Å². The summed E-state index contributed by atoms with van der Waals surface area (Å²) < 4.78 is 0. The van der Waals surface area contributed by atoms with Crippen LogP contribution >= 0.6 is 0 Å². The van der Waals surface area contributed by atoms with Crippen molar-refractivity contribution in [1.29, 1.82) is 0 Å². The van der Waals surface area contributed by atoms with E-state index in [4.69, 9.17) is 0 Å². The third-order valence-corrected chi connectivity index (χ3v) is 4.63. The van der Waals surface area contributed by atoms with Crippen LogP contribution in [0.25, 0.3) is 0 Å². The molecule has 0 fully saturated rings. The Morgan fingerprint density at radius 2 is 1.27 bits per heavy atom. The molecule has 5 nitrogen and oxygen atoms in total. The van der Waals surface area contributed by atoms with E-state index in [-0.39, 0.29) is 28.6 Å². The van der Waals surface area contributed by atoms with Crippen molar-refractivity contribution in [3.05, 3.63) is 47.5 Å². The summed E-state index contributed by atoms with van der Waals surface area (Å²) in [5, 5.41) is 48.4. The fraction of sp³-hybridized carbons (Fsp3) is 0.429. The van der Waals surface area contributed by atoms with Gasteiger partial charge in [0.05, 0.1) is 11.7 Å². The second kappa shape index (κ2) is 9.92. The predicted octanol–water partition coefficient (Wildman–Crippen LogP) is 4.52. The molecule has 2 aromatic rings. The fourth-order valence-electron chi connectivity index (χ4n) is 3.13. The van der Waals surface area contributed by atoms with Gasteiger partial charge in [0.15, 0.2) is 11.5 Å². The van der Waals surface area contributed by atoms with Gasteiger partial charge in [0.25, 0.3) is 0 Å². The van der Waals surface area contributed by atoms with Crippen molar-refractivity contribution in [1.82, 2.24) is 0 Å². The lowest BCUT2D eigenvalue weighted by Crippen LogP contribution is -1.98. The van der Waals surface area contributed by atoms with E-state index >= 15 is 0 Å². The molecular formula is C21H28O5. The minimum Gasteiger partial charge on any atom is -0.507 e. The maximum atomic E-state index is 10.1. The van der Waals surface area contributed by atoms with E-state index < -0.39 is 6.10 Å². The molecule has 0 aliphatic rings. The predicted molar refractivity (Wildman–Crippen MR) is 101 cm³/mol. The van der Waals surface area contributed by atoms with E-state index in [0.717, 1.165) is 50.5 Å². The van der Waals surface area contributed by atoms with Crippen LogP contribution in [0.3, 0.4) is 0 Å². The highest BCUT2D eigenvalue weighted by Gasteiger charge is 2.16. The molecule has 0 saturated carbocycles. The maximum absolute atomic E-state index is 10.1. The number of aromatic hydroxyl groups is 4. The Morgan fingerprint density at radius 1 is 0.654 bits per heavy atom. The molecule has 0 aliphatic heterocycles. The van der Waals surface area contributed by atoms with Crippen LogP contribution in [0.5, 0.6) is 23.0 Å². The van der Waals surface area contributed by atoms with Gasteiger partial charge >= 0.3 is 0 Å². The summed E-state index contributed by atoms with van der Waals surface area (Å²) in [7, 11) is 0. The molecular weight excluding hydrogens is 332 g/mol. The van der Waals surface area contributed by atoms with Gasteiger partial charge in [-0.25, -0.2) is 0 Å². The Morgan fingerprint density at radius 3 is 1.92 bits per heavy atom. The molecule has 142 valence electrons. The molecule has 0 aliphatic carbocycles. The first-order valence-corrected chi connectivity index (χ1v) is 9.19. The summed E-state index contributed by atoms with van der Waals surface area (Å²) in [6.45, 7) is 0. The molecule has 5 N–H and O–H groups in total. The highest BCUT2D eigenvalue weighted by atomic mass is 16.3. The summed E-state index contributed by atoms with van der Waals surface area (Å²) >= 11 is 0. The molecule has 2 aromatic carbocycles. The highest BCUT2D eigenvalue weighted by Crippen LogP contribution is 2.34. The minimum atomic E-state index is -0.849. The molecule has 0 heterocycles. The van der Waals surface area contributed by atoms with Crippen LogP contribution in [0.15, 0.2) is 36.4 Å². The van der Waals surface area contributed by atoms with E-state index in [2.05, 4.69) is 0 Å². The number of hydrogen-bond donors (Lipinski definition) is 5. The van der Waals surface area contributed by atoms with Crippen LogP contribution in [0, 0.1) is 0 Å². The molecule has 0 amide bonds. The number of aryl methyl sites for hydroxylation is 1. The van der Waals surface area contributed by atoms with Crippen molar-refractivity contribution in [2.45, 2.75) is 57.5 Å². The first-order chi connectivity index (χ1) is 12.5. The van der Waals surface area contributed by atoms with Crippen molar-refractivity contribution >= 4 is 0 Å². The number of aliphatic hydroxyl groups is 1. The van der Waals surface area contributed by atoms with E-state index in [0.29, 0.717) is 6.42 Å². The van der Waals surface area contributed by atoms with E-state index in [9.17, 15) is 25.5 Å². The lowest BCUT2D eigenvalue weighted by Gasteiger charge is -2.14. The molecule has 0 aromatic heterocycles. The van der Waals surface area contributed by atoms with Crippen LogP contribution in [0.4, 0.5) is 0 Å². The van der Waals surface area contributed by atoms with Gasteiger partial charge in [-0.15, -0.1) is 0 Å². The summed E-state index contributed by atoms with van der Waals surface area (Å²) in [4.78, 5) is 0. The molecule has 5 heteroatoms. The number of benzene rings is 2. The average Bonchev–Trinajstić information content (AvgIpc) is 2.60. The van der Waals surface area contributed by atoms with Crippen molar-refractivity contribution in [3.8, 4) is 23.0 Å².